The Kier molecular flexibility index (Phi) is 5.36. The summed E-state index contributed by atoms with van der Waals surface area (Å²) >= 11 is 0. The number of carboxylic acids is 1. The molecule has 1 atom stereocenters. The van der Waals surface area contributed by atoms with Gasteiger partial charge in [-0.1, -0.05) is 19.9 Å². The van der Waals surface area contributed by atoms with E-state index in [1.165, 1.54) is 7.11 Å². The molecule has 0 aliphatic carbocycles. The molecular weight excluding hydrogens is 246 g/mol. The van der Waals surface area contributed by atoms with E-state index in [0.29, 0.717) is 11.3 Å². The van der Waals surface area contributed by atoms with E-state index in [1.54, 1.807) is 24.3 Å². The number of carbonyl (C=O) groups excluding carboxylic acids is 1. The van der Waals surface area contributed by atoms with Crippen LogP contribution in [0.15, 0.2) is 24.3 Å². The van der Waals surface area contributed by atoms with Gasteiger partial charge in [-0.15, -0.1) is 0 Å². The zero-order chi connectivity index (χ0) is 14.4. The summed E-state index contributed by atoms with van der Waals surface area (Å²) in [6.07, 6.45) is 0. The third kappa shape index (κ3) is 4.28. The van der Waals surface area contributed by atoms with Gasteiger partial charge >= 0.3 is 5.97 Å². The van der Waals surface area contributed by atoms with Gasteiger partial charge in [-0.25, -0.2) is 0 Å². The molecule has 2 N–H and O–H groups in total. The van der Waals surface area contributed by atoms with Crippen molar-refractivity contribution in [1.82, 2.24) is 5.32 Å². The Morgan fingerprint density at radius 2 is 2.05 bits per heavy atom. The lowest BCUT2D eigenvalue weighted by molar-refractivity contribution is -0.142. The van der Waals surface area contributed by atoms with Crippen LogP contribution in [0.1, 0.15) is 24.2 Å². The zero-order valence-electron chi connectivity index (χ0n) is 11.3. The van der Waals surface area contributed by atoms with Gasteiger partial charge < -0.3 is 15.2 Å². The molecule has 0 aromatic heterocycles. The van der Waals surface area contributed by atoms with Crippen LogP contribution in [0.4, 0.5) is 0 Å². The first kappa shape index (κ1) is 15.0. The van der Waals surface area contributed by atoms with Crippen LogP contribution >= 0.6 is 0 Å². The summed E-state index contributed by atoms with van der Waals surface area (Å²) in [5, 5.41) is 11.7. The van der Waals surface area contributed by atoms with Crippen molar-refractivity contribution in [3.63, 3.8) is 0 Å². The molecule has 0 bridgehead atoms. The van der Waals surface area contributed by atoms with E-state index in [-0.39, 0.29) is 18.4 Å². The molecule has 0 aliphatic rings. The highest BCUT2D eigenvalue weighted by atomic mass is 16.5. The molecule has 0 saturated heterocycles. The second-order valence-corrected chi connectivity index (χ2v) is 4.63. The molecule has 0 spiro atoms. The Morgan fingerprint density at radius 3 is 2.58 bits per heavy atom. The van der Waals surface area contributed by atoms with Gasteiger partial charge in [0, 0.05) is 12.1 Å². The molecule has 1 aromatic rings. The van der Waals surface area contributed by atoms with Gasteiger partial charge in [-0.2, -0.15) is 0 Å². The molecule has 0 fully saturated rings. The van der Waals surface area contributed by atoms with Crippen molar-refractivity contribution in [2.24, 2.45) is 11.8 Å². The smallest absolute Gasteiger partial charge is 0.308 e. The lowest BCUT2D eigenvalue weighted by Crippen LogP contribution is -2.35. The molecule has 0 radical (unpaired) electrons. The van der Waals surface area contributed by atoms with Crippen LogP contribution in [0.2, 0.25) is 0 Å². The highest BCUT2D eigenvalue weighted by Crippen LogP contribution is 2.13. The first-order valence-corrected chi connectivity index (χ1v) is 6.10. The number of amides is 1. The third-order valence-electron chi connectivity index (χ3n) is 2.94. The van der Waals surface area contributed by atoms with Gasteiger partial charge in [0.05, 0.1) is 13.0 Å². The van der Waals surface area contributed by atoms with Crippen LogP contribution in [0.25, 0.3) is 0 Å². The lowest BCUT2D eigenvalue weighted by Gasteiger charge is -2.16. The normalized spacial score (nSPS) is 12.0. The average Bonchev–Trinajstić information content (AvgIpc) is 2.38. The fraction of sp³-hybridized carbons (Fsp3) is 0.429. The molecule has 19 heavy (non-hydrogen) atoms. The van der Waals surface area contributed by atoms with Crippen LogP contribution < -0.4 is 10.1 Å². The number of ether oxygens (including phenoxy) is 1. The molecule has 104 valence electrons. The molecule has 0 heterocycles. The Balaban J connectivity index is 2.66. The Morgan fingerprint density at radius 1 is 1.37 bits per heavy atom. The highest BCUT2D eigenvalue weighted by molar-refractivity contribution is 5.94. The summed E-state index contributed by atoms with van der Waals surface area (Å²) in [6.45, 7) is 3.75. The van der Waals surface area contributed by atoms with Crippen LogP contribution in [0.5, 0.6) is 5.75 Å². The van der Waals surface area contributed by atoms with Crippen molar-refractivity contribution in [1.29, 1.82) is 0 Å². The quantitative estimate of drug-likeness (QED) is 0.822. The van der Waals surface area contributed by atoms with Crippen molar-refractivity contribution in [3.05, 3.63) is 29.8 Å². The van der Waals surface area contributed by atoms with Crippen LogP contribution in [0.3, 0.4) is 0 Å². The molecule has 1 aromatic carbocycles. The molecule has 0 aliphatic heterocycles. The van der Waals surface area contributed by atoms with Gasteiger partial charge in [0.15, 0.2) is 0 Å². The van der Waals surface area contributed by atoms with Gasteiger partial charge in [-0.3, -0.25) is 9.59 Å². The summed E-state index contributed by atoms with van der Waals surface area (Å²) in [7, 11) is 1.52. The standard InChI is InChI=1S/C14H19NO4/c1-9(2)12(14(17)18)8-15-13(16)10-5-4-6-11(7-10)19-3/h4-7,9,12H,8H2,1-3H3,(H,15,16)(H,17,18). The van der Waals surface area contributed by atoms with Crippen molar-refractivity contribution in [2.75, 3.05) is 13.7 Å². The first-order chi connectivity index (χ1) is 8.95. The number of carbonyl (C=O) groups is 2. The fourth-order valence-corrected chi connectivity index (χ4v) is 1.68. The van der Waals surface area contributed by atoms with Gasteiger partial charge in [0.25, 0.3) is 5.91 Å². The number of methoxy groups -OCH3 is 1. The lowest BCUT2D eigenvalue weighted by atomic mass is 9.96. The average molecular weight is 265 g/mol. The Hall–Kier alpha value is -2.04. The van der Waals surface area contributed by atoms with Crippen LogP contribution in [0, 0.1) is 11.8 Å². The molecule has 0 saturated carbocycles. The van der Waals surface area contributed by atoms with E-state index in [0.717, 1.165) is 0 Å². The van der Waals surface area contributed by atoms with E-state index in [2.05, 4.69) is 5.32 Å². The van der Waals surface area contributed by atoms with Gasteiger partial charge in [0.2, 0.25) is 0 Å². The van der Waals surface area contributed by atoms with Crippen molar-refractivity contribution in [2.45, 2.75) is 13.8 Å². The molecular formula is C14H19NO4. The van der Waals surface area contributed by atoms with Gasteiger partial charge in [0.1, 0.15) is 5.75 Å². The number of carboxylic acid groups (broad SMARTS) is 1. The predicted octanol–water partition coefficient (Wildman–Crippen LogP) is 1.78. The molecule has 1 amide bonds. The molecule has 5 heteroatoms. The summed E-state index contributed by atoms with van der Waals surface area (Å²) in [5.41, 5.74) is 0.451. The van der Waals surface area contributed by atoms with Gasteiger partial charge in [-0.05, 0) is 24.1 Å². The Labute approximate surface area is 112 Å². The number of benzene rings is 1. The summed E-state index contributed by atoms with van der Waals surface area (Å²) < 4.78 is 5.03. The number of nitrogens with one attached hydrogen (secondary N) is 1. The predicted molar refractivity (Wildman–Crippen MR) is 71.3 cm³/mol. The fourth-order valence-electron chi connectivity index (χ4n) is 1.68. The number of hydrogen-bond acceptors (Lipinski definition) is 3. The molecule has 5 nitrogen and oxygen atoms in total. The largest absolute Gasteiger partial charge is 0.497 e. The van der Waals surface area contributed by atoms with E-state index in [1.807, 2.05) is 13.8 Å². The maximum atomic E-state index is 11.9. The van der Waals surface area contributed by atoms with Crippen molar-refractivity contribution >= 4 is 11.9 Å². The second-order valence-electron chi connectivity index (χ2n) is 4.63. The zero-order valence-corrected chi connectivity index (χ0v) is 11.3. The van der Waals surface area contributed by atoms with E-state index in [4.69, 9.17) is 9.84 Å². The van der Waals surface area contributed by atoms with Crippen LogP contribution in [-0.4, -0.2) is 30.6 Å². The Bertz CT molecular complexity index is 457. The maximum absolute atomic E-state index is 11.9. The monoisotopic (exact) mass is 265 g/mol. The molecule has 1 rings (SSSR count). The summed E-state index contributed by atoms with van der Waals surface area (Å²) in [6, 6.07) is 6.72. The summed E-state index contributed by atoms with van der Waals surface area (Å²) in [5.74, 6) is -1.24. The topological polar surface area (TPSA) is 75.6 Å². The van der Waals surface area contributed by atoms with E-state index in [9.17, 15) is 9.59 Å². The SMILES string of the molecule is COc1cccc(C(=O)NCC(C(=O)O)C(C)C)c1. The minimum absolute atomic E-state index is 0.0388. The minimum Gasteiger partial charge on any atom is -0.497 e. The van der Waals surface area contributed by atoms with Crippen molar-refractivity contribution < 1.29 is 19.4 Å². The number of rotatable bonds is 6. The van der Waals surface area contributed by atoms with E-state index < -0.39 is 11.9 Å². The van der Waals surface area contributed by atoms with E-state index >= 15 is 0 Å². The second kappa shape index (κ2) is 6.78. The number of aliphatic carboxylic acids is 1. The minimum atomic E-state index is -0.902. The van der Waals surface area contributed by atoms with Crippen LogP contribution in [-0.2, 0) is 4.79 Å². The van der Waals surface area contributed by atoms with Crippen molar-refractivity contribution in [3.8, 4) is 5.75 Å². The molecule has 1 unspecified atom stereocenters. The maximum Gasteiger partial charge on any atom is 0.308 e. The first-order valence-electron chi connectivity index (χ1n) is 6.10. The third-order valence-corrected chi connectivity index (χ3v) is 2.94. The summed E-state index contributed by atoms with van der Waals surface area (Å²) in [4.78, 5) is 22.9. The number of hydrogen-bond donors (Lipinski definition) is 2. The highest BCUT2D eigenvalue weighted by Gasteiger charge is 2.22.